The van der Waals surface area contributed by atoms with Gasteiger partial charge in [0.15, 0.2) is 9.84 Å². The molecule has 3 heterocycles. The molecule has 9 heteroatoms. The van der Waals surface area contributed by atoms with Crippen LogP contribution in [0.4, 0.5) is 0 Å². The molecule has 3 aromatic rings. The fraction of sp³-hybridized carbons (Fsp3) is 0.278. The van der Waals surface area contributed by atoms with Gasteiger partial charge in [0.1, 0.15) is 10.6 Å². The van der Waals surface area contributed by atoms with Crippen LogP contribution >= 0.6 is 34.5 Å². The third-order valence-corrected chi connectivity index (χ3v) is 8.23. The van der Waals surface area contributed by atoms with Gasteiger partial charge in [0.25, 0.3) is 5.91 Å². The highest BCUT2D eigenvalue weighted by atomic mass is 35.5. The van der Waals surface area contributed by atoms with Crippen molar-refractivity contribution in [2.75, 3.05) is 11.5 Å². The number of rotatable bonds is 4. The lowest BCUT2D eigenvalue weighted by Crippen LogP contribution is -2.40. The van der Waals surface area contributed by atoms with Gasteiger partial charge in [0, 0.05) is 21.2 Å². The number of nitrogens with zero attached hydrogens (tertiary/aromatic N) is 1. The lowest BCUT2D eigenvalue weighted by Gasteiger charge is -2.27. The van der Waals surface area contributed by atoms with Gasteiger partial charge in [-0.05, 0) is 30.7 Å². The Morgan fingerprint density at radius 2 is 2.11 bits per heavy atom. The summed E-state index contributed by atoms with van der Waals surface area (Å²) in [6.45, 7) is 0.192. The third-order valence-electron chi connectivity index (χ3n) is 4.60. The van der Waals surface area contributed by atoms with Crippen molar-refractivity contribution in [1.29, 1.82) is 0 Å². The van der Waals surface area contributed by atoms with E-state index in [0.717, 1.165) is 10.1 Å². The number of carbonyl (C=O) groups excluding carboxylic acids is 1. The fourth-order valence-corrected chi connectivity index (χ4v) is 6.74. The van der Waals surface area contributed by atoms with E-state index < -0.39 is 15.9 Å². The summed E-state index contributed by atoms with van der Waals surface area (Å²) in [5, 5.41) is 1.68. The molecular weight excluding hydrogens is 429 g/mol. The molecule has 0 radical (unpaired) electrons. The quantitative estimate of drug-likeness (QED) is 0.589. The van der Waals surface area contributed by atoms with Crippen molar-refractivity contribution in [2.45, 2.75) is 19.0 Å². The maximum Gasteiger partial charge on any atom is 0.266 e. The number of hydrogen-bond donors (Lipinski definition) is 0. The van der Waals surface area contributed by atoms with Crippen LogP contribution in [0.5, 0.6) is 0 Å². The molecule has 0 N–H and O–H groups in total. The van der Waals surface area contributed by atoms with Crippen LogP contribution in [0.2, 0.25) is 10.0 Å². The van der Waals surface area contributed by atoms with Gasteiger partial charge in [0.2, 0.25) is 0 Å². The molecule has 1 atom stereocenters. The Hall–Kier alpha value is -1.54. The minimum Gasteiger partial charge on any atom is -0.467 e. The normalized spacial score (nSPS) is 18.8. The van der Waals surface area contributed by atoms with Gasteiger partial charge in [0.05, 0.1) is 29.3 Å². The van der Waals surface area contributed by atoms with Crippen LogP contribution in [0.15, 0.2) is 41.0 Å². The number of hydrogen-bond acceptors (Lipinski definition) is 5. The molecule has 4 rings (SSSR count). The topological polar surface area (TPSA) is 67.6 Å². The molecule has 142 valence electrons. The largest absolute Gasteiger partial charge is 0.467 e. The van der Waals surface area contributed by atoms with Crippen molar-refractivity contribution in [3.05, 3.63) is 57.3 Å². The number of thiophene rings is 1. The Labute approximate surface area is 170 Å². The smallest absolute Gasteiger partial charge is 0.266 e. The summed E-state index contributed by atoms with van der Waals surface area (Å²) in [7, 11) is -3.15. The van der Waals surface area contributed by atoms with Crippen LogP contribution in [-0.2, 0) is 16.4 Å². The predicted octanol–water partition coefficient (Wildman–Crippen LogP) is 4.63. The maximum atomic E-state index is 13.3. The van der Waals surface area contributed by atoms with Crippen molar-refractivity contribution in [3.8, 4) is 0 Å². The number of fused-ring (bicyclic) bond motifs is 1. The molecule has 1 aliphatic heterocycles. The first-order valence-corrected chi connectivity index (χ1v) is 11.6. The van der Waals surface area contributed by atoms with Crippen molar-refractivity contribution < 1.29 is 17.6 Å². The third kappa shape index (κ3) is 3.74. The van der Waals surface area contributed by atoms with Gasteiger partial charge in [-0.15, -0.1) is 11.3 Å². The highest BCUT2D eigenvalue weighted by Crippen LogP contribution is 2.38. The van der Waals surface area contributed by atoms with Crippen LogP contribution in [0.3, 0.4) is 0 Å². The van der Waals surface area contributed by atoms with Gasteiger partial charge in [-0.25, -0.2) is 8.42 Å². The Bertz CT molecular complexity index is 1110. The summed E-state index contributed by atoms with van der Waals surface area (Å²) in [4.78, 5) is 15.3. The Morgan fingerprint density at radius 1 is 1.30 bits per heavy atom. The highest BCUT2D eigenvalue weighted by Gasteiger charge is 2.36. The zero-order valence-electron chi connectivity index (χ0n) is 14.0. The highest BCUT2D eigenvalue weighted by molar-refractivity contribution is 7.91. The SMILES string of the molecule is O=C(c1sc2cc(Cl)ccc2c1Cl)N(Cc1ccco1)C1CCS(=O)(=O)C1. The van der Waals surface area contributed by atoms with Gasteiger partial charge in [-0.3, -0.25) is 4.79 Å². The first-order chi connectivity index (χ1) is 12.8. The van der Waals surface area contributed by atoms with Crippen molar-refractivity contribution in [3.63, 3.8) is 0 Å². The van der Waals surface area contributed by atoms with Crippen LogP contribution in [-0.4, -0.2) is 36.8 Å². The van der Waals surface area contributed by atoms with Gasteiger partial charge < -0.3 is 9.32 Å². The first-order valence-electron chi connectivity index (χ1n) is 8.25. The lowest BCUT2D eigenvalue weighted by atomic mass is 10.2. The standard InChI is InChI=1S/C18H15Cl2NO4S2/c19-11-3-4-14-15(8-11)26-17(16(14)20)18(22)21(9-13-2-1-6-25-13)12-5-7-27(23,24)10-12/h1-4,6,8,12H,5,7,9-10H2. The molecule has 1 fully saturated rings. The summed E-state index contributed by atoms with van der Waals surface area (Å²) >= 11 is 13.8. The van der Waals surface area contributed by atoms with Crippen molar-refractivity contribution >= 4 is 60.4 Å². The number of halogens is 2. The van der Waals surface area contributed by atoms with Crippen LogP contribution in [0, 0.1) is 0 Å². The Balaban J connectivity index is 1.73. The van der Waals surface area contributed by atoms with E-state index in [0.29, 0.717) is 27.1 Å². The number of furan rings is 1. The molecule has 0 spiro atoms. The minimum absolute atomic E-state index is 0.0478. The molecule has 5 nitrogen and oxygen atoms in total. The monoisotopic (exact) mass is 443 g/mol. The fourth-order valence-electron chi connectivity index (χ4n) is 3.27. The summed E-state index contributed by atoms with van der Waals surface area (Å²) in [5.41, 5.74) is 0. The minimum atomic E-state index is -3.15. The van der Waals surface area contributed by atoms with Gasteiger partial charge >= 0.3 is 0 Å². The molecule has 27 heavy (non-hydrogen) atoms. The van der Waals surface area contributed by atoms with E-state index in [1.165, 1.54) is 17.6 Å². The van der Waals surface area contributed by atoms with Crippen LogP contribution in [0.1, 0.15) is 21.9 Å². The summed E-state index contributed by atoms with van der Waals surface area (Å²) in [6.07, 6.45) is 1.93. The summed E-state index contributed by atoms with van der Waals surface area (Å²) in [6, 6.07) is 8.36. The Morgan fingerprint density at radius 3 is 2.78 bits per heavy atom. The van der Waals surface area contributed by atoms with Gasteiger partial charge in [-0.1, -0.05) is 29.3 Å². The van der Waals surface area contributed by atoms with E-state index in [4.69, 9.17) is 27.6 Å². The zero-order valence-corrected chi connectivity index (χ0v) is 17.2. The van der Waals surface area contributed by atoms with Crippen molar-refractivity contribution in [2.24, 2.45) is 0 Å². The molecule has 1 saturated heterocycles. The summed E-state index contributed by atoms with van der Waals surface area (Å²) in [5.74, 6) is 0.326. The van der Waals surface area contributed by atoms with E-state index in [2.05, 4.69) is 0 Å². The molecule has 0 saturated carbocycles. The molecule has 2 aromatic heterocycles. The second-order valence-corrected chi connectivity index (χ2v) is 10.6. The molecule has 0 aliphatic carbocycles. The van der Waals surface area contributed by atoms with E-state index in [-0.39, 0.29) is 24.0 Å². The van der Waals surface area contributed by atoms with E-state index in [9.17, 15) is 13.2 Å². The zero-order chi connectivity index (χ0) is 19.2. The van der Waals surface area contributed by atoms with E-state index in [1.54, 1.807) is 35.2 Å². The lowest BCUT2D eigenvalue weighted by molar-refractivity contribution is 0.0671. The molecule has 1 unspecified atom stereocenters. The summed E-state index contributed by atoms with van der Waals surface area (Å²) < 4.78 is 30.1. The first kappa shape index (κ1) is 18.8. The van der Waals surface area contributed by atoms with E-state index >= 15 is 0 Å². The second kappa shape index (κ2) is 7.13. The van der Waals surface area contributed by atoms with Crippen LogP contribution < -0.4 is 0 Å². The van der Waals surface area contributed by atoms with Crippen molar-refractivity contribution in [1.82, 2.24) is 4.90 Å². The molecular formula is C18H15Cl2NO4S2. The Kier molecular flexibility index (Phi) is 4.96. The van der Waals surface area contributed by atoms with E-state index in [1.807, 2.05) is 0 Å². The van der Waals surface area contributed by atoms with Gasteiger partial charge in [-0.2, -0.15) is 0 Å². The molecule has 0 bridgehead atoms. The second-order valence-electron chi connectivity index (χ2n) is 6.45. The average molecular weight is 444 g/mol. The maximum absolute atomic E-state index is 13.3. The number of carbonyl (C=O) groups is 1. The average Bonchev–Trinajstić information content (AvgIpc) is 3.32. The predicted molar refractivity (Wildman–Crippen MR) is 107 cm³/mol. The number of sulfone groups is 1. The van der Waals surface area contributed by atoms with Crippen LogP contribution in [0.25, 0.3) is 10.1 Å². The molecule has 1 aliphatic rings. The molecule has 1 amide bonds. The number of amides is 1. The molecule has 1 aromatic carbocycles. The number of benzene rings is 1.